The van der Waals surface area contributed by atoms with E-state index in [0.717, 1.165) is 16.6 Å². The number of thiazole rings is 1. The van der Waals surface area contributed by atoms with E-state index in [-0.39, 0.29) is 0 Å². The molecule has 0 spiro atoms. The molecule has 1 aromatic carbocycles. The molecule has 4 rings (SSSR count). The Hall–Kier alpha value is -3.28. The van der Waals surface area contributed by atoms with E-state index in [1.807, 2.05) is 23.6 Å². The number of hydrogen-bond donors (Lipinski definition) is 2. The fraction of sp³-hybridized carbons (Fsp3) is 0.111. The highest BCUT2D eigenvalue weighted by molar-refractivity contribution is 7.09. The average molecular weight is 362 g/mol. The van der Waals surface area contributed by atoms with Crippen molar-refractivity contribution in [2.75, 3.05) is 5.73 Å². The number of fused-ring (bicyclic) bond motifs is 1. The second-order valence-corrected chi connectivity index (χ2v) is 6.65. The number of nitrogen functional groups attached to an aromatic ring is 1. The van der Waals surface area contributed by atoms with Crippen molar-refractivity contribution in [1.29, 1.82) is 0 Å². The Labute approximate surface area is 153 Å². The molecule has 3 N–H and O–H groups in total. The van der Waals surface area contributed by atoms with E-state index >= 15 is 0 Å². The van der Waals surface area contributed by atoms with Crippen LogP contribution in [0.3, 0.4) is 0 Å². The fourth-order valence-corrected chi connectivity index (χ4v) is 3.09. The quantitative estimate of drug-likeness (QED) is 0.530. The SMILES string of the molecule is CC(O)(C#Cc1ccc2ncn(-c3nccc(N)n3)c2c1)c1nccs1. The molecule has 0 aliphatic carbocycles. The van der Waals surface area contributed by atoms with Gasteiger partial charge in [-0.3, -0.25) is 4.57 Å². The van der Waals surface area contributed by atoms with Gasteiger partial charge >= 0.3 is 0 Å². The van der Waals surface area contributed by atoms with Crippen LogP contribution in [0.1, 0.15) is 17.5 Å². The van der Waals surface area contributed by atoms with Crippen LogP contribution in [0.25, 0.3) is 17.0 Å². The maximum atomic E-state index is 10.5. The Morgan fingerprint density at radius 3 is 2.85 bits per heavy atom. The molecule has 0 aliphatic rings. The molecule has 26 heavy (non-hydrogen) atoms. The van der Waals surface area contributed by atoms with Crippen molar-refractivity contribution >= 4 is 28.2 Å². The largest absolute Gasteiger partial charge is 0.384 e. The number of imidazole rings is 1. The lowest BCUT2D eigenvalue weighted by Crippen LogP contribution is -2.17. The Morgan fingerprint density at radius 2 is 2.08 bits per heavy atom. The smallest absolute Gasteiger partial charge is 0.237 e. The van der Waals surface area contributed by atoms with E-state index in [0.29, 0.717) is 16.8 Å². The third kappa shape index (κ3) is 3.01. The summed E-state index contributed by atoms with van der Waals surface area (Å²) in [5.41, 5.74) is 6.76. The summed E-state index contributed by atoms with van der Waals surface area (Å²) in [7, 11) is 0. The van der Waals surface area contributed by atoms with Gasteiger partial charge in [-0.25, -0.2) is 15.0 Å². The van der Waals surface area contributed by atoms with Gasteiger partial charge in [-0.15, -0.1) is 11.3 Å². The second kappa shape index (κ2) is 6.22. The van der Waals surface area contributed by atoms with Gasteiger partial charge in [0.2, 0.25) is 5.95 Å². The van der Waals surface area contributed by atoms with Crippen LogP contribution in [0, 0.1) is 11.8 Å². The highest BCUT2D eigenvalue weighted by Gasteiger charge is 2.22. The first-order valence-electron chi connectivity index (χ1n) is 7.74. The first-order chi connectivity index (χ1) is 12.5. The summed E-state index contributed by atoms with van der Waals surface area (Å²) >= 11 is 1.36. The molecule has 0 aliphatic heterocycles. The molecular formula is C18H14N6OS. The highest BCUT2D eigenvalue weighted by Crippen LogP contribution is 2.22. The molecule has 0 amide bonds. The molecule has 4 aromatic rings. The lowest BCUT2D eigenvalue weighted by atomic mass is 10.1. The van der Waals surface area contributed by atoms with Crippen molar-refractivity contribution < 1.29 is 5.11 Å². The van der Waals surface area contributed by atoms with Gasteiger partial charge < -0.3 is 10.8 Å². The maximum absolute atomic E-state index is 10.5. The van der Waals surface area contributed by atoms with Crippen LogP contribution in [0.4, 0.5) is 5.82 Å². The number of aromatic nitrogens is 5. The van der Waals surface area contributed by atoms with Crippen LogP contribution < -0.4 is 5.73 Å². The number of rotatable bonds is 2. The van der Waals surface area contributed by atoms with Crippen molar-refractivity contribution in [3.8, 4) is 17.8 Å². The summed E-state index contributed by atoms with van der Waals surface area (Å²) < 4.78 is 1.75. The molecule has 128 valence electrons. The summed E-state index contributed by atoms with van der Waals surface area (Å²) in [5.74, 6) is 6.70. The molecule has 7 nitrogen and oxygen atoms in total. The van der Waals surface area contributed by atoms with Crippen molar-refractivity contribution in [1.82, 2.24) is 24.5 Å². The molecule has 8 heteroatoms. The van der Waals surface area contributed by atoms with Crippen LogP contribution in [0.2, 0.25) is 0 Å². The van der Waals surface area contributed by atoms with E-state index in [2.05, 4.69) is 31.8 Å². The minimum absolute atomic E-state index is 0.382. The third-order valence-corrected chi connectivity index (χ3v) is 4.71. The van der Waals surface area contributed by atoms with Gasteiger partial charge in [-0.05, 0) is 31.2 Å². The molecule has 3 aromatic heterocycles. The molecule has 0 radical (unpaired) electrons. The Kier molecular flexibility index (Phi) is 3.88. The summed E-state index contributed by atoms with van der Waals surface area (Å²) in [5, 5.41) is 12.9. The van der Waals surface area contributed by atoms with Gasteiger partial charge in [-0.2, -0.15) is 4.98 Å². The normalized spacial score (nSPS) is 13.2. The standard InChI is InChI=1S/C18H14N6OS/c1-18(25,16-20-8-9-26-16)6-4-12-2-3-13-14(10-12)24(11-22-13)17-21-7-5-15(19)23-17/h2-3,5,7-11,25H,1H3,(H2,19,21,23). The lowest BCUT2D eigenvalue weighted by Gasteiger charge is -2.11. The number of nitrogens with zero attached hydrogens (tertiary/aromatic N) is 5. The van der Waals surface area contributed by atoms with Gasteiger partial charge in [0, 0.05) is 23.3 Å². The lowest BCUT2D eigenvalue weighted by molar-refractivity contribution is 0.122. The summed E-state index contributed by atoms with van der Waals surface area (Å²) in [6.07, 6.45) is 4.88. The van der Waals surface area contributed by atoms with Gasteiger partial charge in [-0.1, -0.05) is 11.8 Å². The van der Waals surface area contributed by atoms with E-state index in [1.165, 1.54) is 11.3 Å². The van der Waals surface area contributed by atoms with E-state index in [9.17, 15) is 5.11 Å². The monoisotopic (exact) mass is 362 g/mol. The zero-order chi connectivity index (χ0) is 18.1. The van der Waals surface area contributed by atoms with Crippen molar-refractivity contribution in [3.63, 3.8) is 0 Å². The third-order valence-electron chi connectivity index (χ3n) is 3.73. The number of nitrogens with two attached hydrogens (primary N) is 1. The van der Waals surface area contributed by atoms with Crippen LogP contribution in [-0.2, 0) is 5.60 Å². The second-order valence-electron chi connectivity index (χ2n) is 5.76. The zero-order valence-corrected chi connectivity index (χ0v) is 14.6. The van der Waals surface area contributed by atoms with Gasteiger partial charge in [0.05, 0.1) is 11.0 Å². The molecule has 0 saturated heterocycles. The topological polar surface area (TPSA) is 103 Å². The Bertz CT molecular complexity index is 1140. The van der Waals surface area contributed by atoms with Crippen molar-refractivity contribution in [2.45, 2.75) is 12.5 Å². The molecule has 0 fully saturated rings. The van der Waals surface area contributed by atoms with Gasteiger partial charge in [0.15, 0.2) is 5.60 Å². The number of anilines is 1. The van der Waals surface area contributed by atoms with E-state index in [4.69, 9.17) is 5.73 Å². The predicted octanol–water partition coefficient (Wildman–Crippen LogP) is 2.11. The summed E-state index contributed by atoms with van der Waals surface area (Å²) in [4.78, 5) is 16.9. The van der Waals surface area contributed by atoms with E-state index in [1.54, 1.807) is 36.3 Å². The fourth-order valence-electron chi connectivity index (χ4n) is 2.43. The van der Waals surface area contributed by atoms with Gasteiger partial charge in [0.1, 0.15) is 17.2 Å². The number of aliphatic hydroxyl groups is 1. The first kappa shape index (κ1) is 16.2. The Balaban J connectivity index is 1.75. The molecule has 0 saturated carbocycles. The minimum atomic E-state index is -1.31. The Morgan fingerprint density at radius 1 is 1.19 bits per heavy atom. The van der Waals surface area contributed by atoms with Crippen LogP contribution in [0.5, 0.6) is 0 Å². The average Bonchev–Trinajstić information content (AvgIpc) is 3.30. The highest BCUT2D eigenvalue weighted by atomic mass is 32.1. The molecule has 3 heterocycles. The van der Waals surface area contributed by atoms with Crippen molar-refractivity contribution in [3.05, 3.63) is 58.9 Å². The first-order valence-corrected chi connectivity index (χ1v) is 8.62. The zero-order valence-electron chi connectivity index (χ0n) is 13.8. The van der Waals surface area contributed by atoms with Crippen LogP contribution in [-0.4, -0.2) is 29.6 Å². The van der Waals surface area contributed by atoms with Gasteiger partial charge in [0.25, 0.3) is 0 Å². The van der Waals surface area contributed by atoms with E-state index < -0.39 is 5.60 Å². The maximum Gasteiger partial charge on any atom is 0.237 e. The minimum Gasteiger partial charge on any atom is -0.384 e. The molecule has 1 atom stereocenters. The van der Waals surface area contributed by atoms with Crippen molar-refractivity contribution in [2.24, 2.45) is 0 Å². The number of hydrogen-bond acceptors (Lipinski definition) is 7. The molecule has 1 unspecified atom stereocenters. The predicted molar refractivity (Wildman–Crippen MR) is 99.6 cm³/mol. The summed E-state index contributed by atoms with van der Waals surface area (Å²) in [6, 6.07) is 7.21. The number of benzene rings is 1. The van der Waals surface area contributed by atoms with Crippen LogP contribution >= 0.6 is 11.3 Å². The molecule has 0 bridgehead atoms. The summed E-state index contributed by atoms with van der Waals surface area (Å²) in [6.45, 7) is 1.63. The molecular weight excluding hydrogens is 348 g/mol. The van der Waals surface area contributed by atoms with Crippen LogP contribution in [0.15, 0.2) is 48.4 Å².